The van der Waals surface area contributed by atoms with Crippen LogP contribution in [0, 0.1) is 11.8 Å². The SMILES string of the molecule is O=C(CCN1C(=O)C2CCCCC2C1=O)NNC(=O)c1cn(-c2ccccc2)nc1-c1ccccc1. The van der Waals surface area contributed by atoms with Crippen molar-refractivity contribution in [1.82, 2.24) is 25.5 Å². The molecular weight excluding hydrogens is 458 g/mol. The second kappa shape index (κ2) is 10.2. The number of benzene rings is 2. The van der Waals surface area contributed by atoms with Crippen molar-refractivity contribution in [2.75, 3.05) is 6.54 Å². The normalized spacial score (nSPS) is 19.2. The first-order valence-electron chi connectivity index (χ1n) is 12.2. The van der Waals surface area contributed by atoms with Crippen LogP contribution in [0.25, 0.3) is 16.9 Å². The summed E-state index contributed by atoms with van der Waals surface area (Å²) in [6, 6.07) is 18.7. The zero-order valence-electron chi connectivity index (χ0n) is 19.7. The lowest BCUT2D eigenvalue weighted by Gasteiger charge is -2.19. The topological polar surface area (TPSA) is 113 Å². The van der Waals surface area contributed by atoms with E-state index in [0.717, 1.165) is 36.9 Å². The smallest absolute Gasteiger partial charge is 0.273 e. The second-order valence-corrected chi connectivity index (χ2v) is 9.12. The second-order valence-electron chi connectivity index (χ2n) is 9.12. The molecule has 2 N–H and O–H groups in total. The van der Waals surface area contributed by atoms with E-state index in [1.54, 1.807) is 10.9 Å². The summed E-state index contributed by atoms with van der Waals surface area (Å²) in [4.78, 5) is 51.9. The maximum Gasteiger partial charge on any atom is 0.273 e. The molecule has 2 aromatic carbocycles. The van der Waals surface area contributed by atoms with Gasteiger partial charge in [0, 0.05) is 24.7 Å². The Morgan fingerprint density at radius 3 is 2.11 bits per heavy atom. The third-order valence-corrected chi connectivity index (χ3v) is 6.84. The molecule has 184 valence electrons. The summed E-state index contributed by atoms with van der Waals surface area (Å²) in [5.74, 6) is -1.86. The fourth-order valence-corrected chi connectivity index (χ4v) is 4.98. The number of hydrazine groups is 1. The van der Waals surface area contributed by atoms with Crippen LogP contribution in [0.2, 0.25) is 0 Å². The Morgan fingerprint density at radius 2 is 1.47 bits per heavy atom. The maximum atomic E-state index is 13.0. The zero-order chi connectivity index (χ0) is 25.1. The number of carbonyl (C=O) groups excluding carboxylic acids is 4. The number of carbonyl (C=O) groups is 4. The van der Waals surface area contributed by atoms with Crippen molar-refractivity contribution in [3.8, 4) is 16.9 Å². The van der Waals surface area contributed by atoms with Crippen LogP contribution in [0.1, 0.15) is 42.5 Å². The van der Waals surface area contributed by atoms with Crippen molar-refractivity contribution in [3.05, 3.63) is 72.4 Å². The predicted molar refractivity (Wildman–Crippen MR) is 131 cm³/mol. The Hall–Kier alpha value is -4.27. The standard InChI is InChI=1S/C27H27N5O4/c33-23(15-16-31-26(35)20-13-7-8-14-21(20)27(31)36)28-29-25(34)22-17-32(19-11-5-2-6-12-19)30-24(22)18-9-3-1-4-10-18/h1-6,9-12,17,20-21H,7-8,13-16H2,(H,28,33)(H,29,34). The number of rotatable bonds is 6. The molecule has 9 heteroatoms. The van der Waals surface area contributed by atoms with Crippen molar-refractivity contribution in [2.24, 2.45) is 11.8 Å². The first-order valence-corrected chi connectivity index (χ1v) is 12.2. The predicted octanol–water partition coefficient (Wildman–Crippen LogP) is 2.87. The number of fused-ring (bicyclic) bond motifs is 1. The van der Waals surface area contributed by atoms with Gasteiger partial charge in [0.2, 0.25) is 17.7 Å². The maximum absolute atomic E-state index is 13.0. The largest absolute Gasteiger partial charge is 0.282 e. The van der Waals surface area contributed by atoms with Crippen molar-refractivity contribution in [1.29, 1.82) is 0 Å². The summed E-state index contributed by atoms with van der Waals surface area (Å²) in [6.45, 7) is 0.00752. The van der Waals surface area contributed by atoms with Gasteiger partial charge in [-0.05, 0) is 25.0 Å². The molecule has 5 rings (SSSR count). The number of nitrogens with zero attached hydrogens (tertiary/aromatic N) is 3. The van der Waals surface area contributed by atoms with E-state index in [1.807, 2.05) is 60.7 Å². The molecule has 1 saturated heterocycles. The highest BCUT2D eigenvalue weighted by atomic mass is 16.2. The molecule has 3 aromatic rings. The molecule has 2 heterocycles. The van der Waals surface area contributed by atoms with E-state index in [2.05, 4.69) is 16.0 Å². The number of para-hydroxylation sites is 1. The first-order chi connectivity index (χ1) is 17.5. The van der Waals surface area contributed by atoms with Crippen molar-refractivity contribution < 1.29 is 19.2 Å². The summed E-state index contributed by atoms with van der Waals surface area (Å²) in [5, 5.41) is 4.60. The molecule has 0 bridgehead atoms. The van der Waals surface area contributed by atoms with Crippen LogP contribution in [0.5, 0.6) is 0 Å². The molecule has 9 nitrogen and oxygen atoms in total. The molecule has 2 atom stereocenters. The average Bonchev–Trinajstić information content (AvgIpc) is 3.47. The Bertz CT molecular complexity index is 1260. The minimum atomic E-state index is -0.524. The number of aromatic nitrogens is 2. The Labute approximate surface area is 208 Å². The highest BCUT2D eigenvalue weighted by molar-refractivity contribution is 6.05. The molecule has 2 unspecified atom stereocenters. The Kier molecular flexibility index (Phi) is 6.62. The molecule has 1 saturated carbocycles. The van der Waals surface area contributed by atoms with Gasteiger partial charge in [-0.1, -0.05) is 61.4 Å². The fourth-order valence-electron chi connectivity index (χ4n) is 4.98. The molecular formula is C27H27N5O4. The minimum absolute atomic E-state index is 0.00752. The molecule has 4 amide bonds. The van der Waals surface area contributed by atoms with E-state index in [9.17, 15) is 19.2 Å². The van der Waals surface area contributed by atoms with Crippen LogP contribution >= 0.6 is 0 Å². The van der Waals surface area contributed by atoms with Crippen LogP contribution in [-0.4, -0.2) is 44.9 Å². The first kappa shape index (κ1) is 23.5. The lowest BCUT2D eigenvalue weighted by atomic mass is 9.81. The van der Waals surface area contributed by atoms with Crippen molar-refractivity contribution in [3.63, 3.8) is 0 Å². The average molecular weight is 486 g/mol. The van der Waals surface area contributed by atoms with Gasteiger partial charge in [-0.2, -0.15) is 5.10 Å². The summed E-state index contributed by atoms with van der Waals surface area (Å²) >= 11 is 0. The zero-order valence-corrected chi connectivity index (χ0v) is 19.7. The van der Waals surface area contributed by atoms with E-state index in [0.29, 0.717) is 11.3 Å². The Balaban J connectivity index is 1.24. The van der Waals surface area contributed by atoms with E-state index in [1.165, 1.54) is 4.90 Å². The van der Waals surface area contributed by atoms with Gasteiger partial charge < -0.3 is 0 Å². The molecule has 0 radical (unpaired) electrons. The van der Waals surface area contributed by atoms with Gasteiger partial charge in [0.1, 0.15) is 5.69 Å². The third-order valence-electron chi connectivity index (χ3n) is 6.84. The minimum Gasteiger partial charge on any atom is -0.282 e. The van der Waals surface area contributed by atoms with Gasteiger partial charge in [0.05, 0.1) is 23.1 Å². The highest BCUT2D eigenvalue weighted by Gasteiger charge is 2.47. The molecule has 2 fully saturated rings. The fraction of sp³-hybridized carbons (Fsp3) is 0.296. The van der Waals surface area contributed by atoms with Gasteiger partial charge in [-0.15, -0.1) is 0 Å². The lowest BCUT2D eigenvalue weighted by Crippen LogP contribution is -2.43. The summed E-state index contributed by atoms with van der Waals surface area (Å²) in [7, 11) is 0. The van der Waals surface area contributed by atoms with Crippen LogP contribution in [0.4, 0.5) is 0 Å². The van der Waals surface area contributed by atoms with Crippen molar-refractivity contribution >= 4 is 23.6 Å². The molecule has 0 spiro atoms. The Morgan fingerprint density at radius 1 is 0.861 bits per heavy atom. The quantitative estimate of drug-likeness (QED) is 0.412. The monoisotopic (exact) mass is 485 g/mol. The number of nitrogens with one attached hydrogen (secondary N) is 2. The van der Waals surface area contributed by atoms with E-state index in [-0.39, 0.29) is 36.6 Å². The summed E-state index contributed by atoms with van der Waals surface area (Å²) < 4.78 is 1.61. The molecule has 36 heavy (non-hydrogen) atoms. The van der Waals surface area contributed by atoms with Gasteiger partial charge in [-0.25, -0.2) is 4.68 Å². The number of imide groups is 1. The lowest BCUT2D eigenvalue weighted by molar-refractivity contribution is -0.140. The van der Waals surface area contributed by atoms with Gasteiger partial charge in [0.25, 0.3) is 5.91 Å². The molecule has 1 aliphatic carbocycles. The molecule has 1 aromatic heterocycles. The number of hydrogen-bond donors (Lipinski definition) is 2. The highest BCUT2D eigenvalue weighted by Crippen LogP contribution is 2.38. The van der Waals surface area contributed by atoms with Crippen molar-refractivity contribution in [2.45, 2.75) is 32.1 Å². The summed E-state index contributed by atoms with van der Waals surface area (Å²) in [6.07, 6.45) is 4.88. The van der Waals surface area contributed by atoms with Gasteiger partial charge >= 0.3 is 0 Å². The van der Waals surface area contributed by atoms with Gasteiger partial charge in [0.15, 0.2) is 0 Å². The molecule has 2 aliphatic rings. The van der Waals surface area contributed by atoms with E-state index >= 15 is 0 Å². The number of amides is 4. The summed E-state index contributed by atoms with van der Waals surface area (Å²) in [5.41, 5.74) is 7.16. The van der Waals surface area contributed by atoms with E-state index < -0.39 is 11.8 Å². The third kappa shape index (κ3) is 4.64. The van der Waals surface area contributed by atoms with E-state index in [4.69, 9.17) is 0 Å². The molecule has 1 aliphatic heterocycles. The van der Waals surface area contributed by atoms with Crippen LogP contribution < -0.4 is 10.9 Å². The van der Waals surface area contributed by atoms with Crippen LogP contribution in [0.3, 0.4) is 0 Å². The van der Waals surface area contributed by atoms with Crippen LogP contribution in [0.15, 0.2) is 66.9 Å². The van der Waals surface area contributed by atoms with Gasteiger partial charge in [-0.3, -0.25) is 34.9 Å². The number of likely N-dealkylation sites (tertiary alicyclic amines) is 1. The van der Waals surface area contributed by atoms with Crippen LogP contribution in [-0.2, 0) is 14.4 Å². The number of hydrogen-bond acceptors (Lipinski definition) is 5.